The Kier molecular flexibility index (Phi) is 7.72. The van der Waals surface area contributed by atoms with Crippen molar-refractivity contribution in [1.82, 2.24) is 25.0 Å². The molecule has 2 heterocycles. The number of anilines is 1. The molecule has 4 rings (SSSR count). The molecule has 0 bridgehead atoms. The number of hydrogen-bond donors (Lipinski definition) is 4. The van der Waals surface area contributed by atoms with Crippen LogP contribution < -0.4 is 15.8 Å². The van der Waals surface area contributed by atoms with E-state index in [1.165, 1.54) is 23.8 Å². The summed E-state index contributed by atoms with van der Waals surface area (Å²) in [5.41, 5.74) is 7.16. The molecule has 1 aliphatic rings. The van der Waals surface area contributed by atoms with Crippen molar-refractivity contribution in [3.63, 3.8) is 0 Å². The van der Waals surface area contributed by atoms with Gasteiger partial charge in [-0.05, 0) is 54.3 Å². The normalized spacial score (nSPS) is 15.9. The van der Waals surface area contributed by atoms with Crippen molar-refractivity contribution >= 4 is 35.2 Å². The largest absolute Gasteiger partial charge is 0.496 e. The molecule has 0 aliphatic carbocycles. The first-order chi connectivity index (χ1) is 18.1. The van der Waals surface area contributed by atoms with Gasteiger partial charge in [0, 0.05) is 17.3 Å². The van der Waals surface area contributed by atoms with Crippen LogP contribution in [0.2, 0.25) is 5.02 Å². The molecule has 2 atom stereocenters. The number of aromatic hydroxyl groups is 1. The zero-order valence-electron chi connectivity index (χ0n) is 20.7. The Balaban J connectivity index is 1.63. The first-order valence-electron chi connectivity index (χ1n) is 11.8. The number of aromatic nitrogens is 3. The number of aromatic carboxylic acids is 1. The smallest absolute Gasteiger partial charge is 0.337 e. The van der Waals surface area contributed by atoms with Crippen LogP contribution in [0.15, 0.2) is 36.4 Å². The van der Waals surface area contributed by atoms with Gasteiger partial charge in [-0.2, -0.15) is 0 Å². The van der Waals surface area contributed by atoms with Crippen LogP contribution in [0.4, 0.5) is 10.5 Å². The Labute approximate surface area is 223 Å². The van der Waals surface area contributed by atoms with Crippen molar-refractivity contribution in [2.45, 2.75) is 38.9 Å². The molecule has 12 nitrogen and oxygen atoms in total. The number of halogens is 1. The number of imide groups is 1. The van der Waals surface area contributed by atoms with E-state index >= 15 is 0 Å². The van der Waals surface area contributed by atoms with E-state index in [0.29, 0.717) is 28.3 Å². The quantitative estimate of drug-likeness (QED) is 0.327. The maximum absolute atomic E-state index is 13.7. The summed E-state index contributed by atoms with van der Waals surface area (Å²) in [7, 11) is 1.51. The number of nitrogens with two attached hydrogens (primary N) is 1. The van der Waals surface area contributed by atoms with E-state index in [1.54, 1.807) is 24.3 Å². The SMILES string of the molecule is CCC(NC(=O)N1Cc2nnc(O)n2CC(Cc2cc(Cl)ccc2OC)C1=O)c1ccc(C(=O)O)c(N)c1. The van der Waals surface area contributed by atoms with E-state index in [2.05, 4.69) is 15.5 Å². The van der Waals surface area contributed by atoms with Crippen LogP contribution in [0, 0.1) is 5.92 Å². The van der Waals surface area contributed by atoms with E-state index in [0.717, 1.165) is 4.90 Å². The van der Waals surface area contributed by atoms with Gasteiger partial charge < -0.3 is 26.0 Å². The third-order valence-electron chi connectivity index (χ3n) is 6.49. The van der Waals surface area contributed by atoms with Gasteiger partial charge in [0.1, 0.15) is 5.75 Å². The first kappa shape index (κ1) is 26.7. The second-order valence-corrected chi connectivity index (χ2v) is 9.31. The van der Waals surface area contributed by atoms with E-state index in [4.69, 9.17) is 22.1 Å². The van der Waals surface area contributed by atoms with Crippen molar-refractivity contribution in [2.24, 2.45) is 5.92 Å². The number of carboxylic acid groups (broad SMARTS) is 1. The molecule has 5 N–H and O–H groups in total. The van der Waals surface area contributed by atoms with Crippen molar-refractivity contribution in [3.05, 3.63) is 63.9 Å². The summed E-state index contributed by atoms with van der Waals surface area (Å²) < 4.78 is 6.82. The molecule has 38 heavy (non-hydrogen) atoms. The van der Waals surface area contributed by atoms with Gasteiger partial charge in [-0.15, -0.1) is 5.10 Å². The van der Waals surface area contributed by atoms with Gasteiger partial charge >= 0.3 is 18.0 Å². The van der Waals surface area contributed by atoms with Crippen LogP contribution >= 0.6 is 11.6 Å². The zero-order chi connectivity index (χ0) is 27.6. The average Bonchev–Trinajstić information content (AvgIpc) is 3.15. The van der Waals surface area contributed by atoms with Gasteiger partial charge in [0.05, 0.1) is 31.2 Å². The monoisotopic (exact) mass is 542 g/mol. The molecule has 3 amide bonds. The number of rotatable bonds is 7. The minimum absolute atomic E-state index is 0.0385. The summed E-state index contributed by atoms with van der Waals surface area (Å²) in [6.07, 6.45) is 0.619. The van der Waals surface area contributed by atoms with Gasteiger partial charge in [-0.25, -0.2) is 9.59 Å². The number of nitrogen functional groups attached to an aromatic ring is 1. The highest BCUT2D eigenvalue weighted by Gasteiger charge is 2.36. The third kappa shape index (κ3) is 5.35. The average molecular weight is 543 g/mol. The number of benzene rings is 2. The predicted octanol–water partition coefficient (Wildman–Crippen LogP) is 2.99. The van der Waals surface area contributed by atoms with E-state index in [9.17, 15) is 24.6 Å². The highest BCUT2D eigenvalue weighted by atomic mass is 35.5. The number of carbonyl (C=O) groups excluding carboxylic acids is 2. The van der Waals surface area contributed by atoms with E-state index < -0.39 is 29.9 Å². The Bertz CT molecular complexity index is 1390. The molecule has 1 aromatic heterocycles. The number of hydrogen-bond acceptors (Lipinski definition) is 8. The number of fused-ring (bicyclic) bond motifs is 1. The number of carbonyl (C=O) groups is 3. The number of ether oxygens (including phenoxy) is 1. The highest BCUT2D eigenvalue weighted by Crippen LogP contribution is 2.30. The molecular weight excluding hydrogens is 516 g/mol. The third-order valence-corrected chi connectivity index (χ3v) is 6.73. The summed E-state index contributed by atoms with van der Waals surface area (Å²) in [5.74, 6) is -1.64. The number of urea groups is 1. The summed E-state index contributed by atoms with van der Waals surface area (Å²) in [4.78, 5) is 39.5. The second-order valence-electron chi connectivity index (χ2n) is 8.87. The summed E-state index contributed by atoms with van der Waals surface area (Å²) in [6.45, 7) is 1.66. The maximum Gasteiger partial charge on any atom is 0.337 e. The van der Waals surface area contributed by atoms with Crippen molar-refractivity contribution in [2.75, 3.05) is 12.8 Å². The summed E-state index contributed by atoms with van der Waals surface area (Å²) in [5, 5.41) is 30.4. The summed E-state index contributed by atoms with van der Waals surface area (Å²) in [6, 6.07) is 7.89. The molecule has 0 spiro atoms. The van der Waals surface area contributed by atoms with E-state index in [-0.39, 0.29) is 42.6 Å². The lowest BCUT2D eigenvalue weighted by atomic mass is 9.97. The lowest BCUT2D eigenvalue weighted by Gasteiger charge is -2.26. The molecule has 1 aliphatic heterocycles. The zero-order valence-corrected chi connectivity index (χ0v) is 21.5. The Morgan fingerprint density at radius 2 is 2.03 bits per heavy atom. The molecule has 200 valence electrons. The van der Waals surface area contributed by atoms with Crippen LogP contribution in [-0.4, -0.2) is 54.9 Å². The topological polar surface area (TPSA) is 173 Å². The fraction of sp³-hybridized carbons (Fsp3) is 0.320. The predicted molar refractivity (Wildman–Crippen MR) is 137 cm³/mol. The standard InChI is InChI=1S/C25H27ClN6O6/c1-3-19(13-4-6-17(23(34)35)18(27)10-13)28-24(36)32-12-21-29-30-25(37)31(21)11-15(22(32)33)8-14-9-16(26)5-7-20(14)38-2/h4-7,9-10,15,19H,3,8,11-12,27H2,1-2H3,(H,28,36)(H,30,37)(H,34,35). The fourth-order valence-corrected chi connectivity index (χ4v) is 4.70. The van der Waals surface area contributed by atoms with Crippen molar-refractivity contribution in [3.8, 4) is 11.8 Å². The molecule has 2 aromatic carbocycles. The second kappa shape index (κ2) is 11.0. The number of nitrogens with zero attached hydrogens (tertiary/aromatic N) is 4. The van der Waals surface area contributed by atoms with E-state index in [1.807, 2.05) is 6.92 Å². The van der Waals surface area contributed by atoms with Gasteiger partial charge in [0.2, 0.25) is 5.91 Å². The molecule has 2 unspecified atom stereocenters. The molecular formula is C25H27ClN6O6. The van der Waals surface area contributed by atoms with Gasteiger partial charge in [0.25, 0.3) is 0 Å². The molecule has 0 radical (unpaired) electrons. The van der Waals surface area contributed by atoms with Crippen LogP contribution in [0.3, 0.4) is 0 Å². The minimum Gasteiger partial charge on any atom is -0.496 e. The number of amides is 3. The van der Waals surface area contributed by atoms with Crippen LogP contribution in [0.5, 0.6) is 11.8 Å². The Hall–Kier alpha value is -4.32. The fourth-order valence-electron chi connectivity index (χ4n) is 4.50. The van der Waals surface area contributed by atoms with Crippen LogP contribution in [-0.2, 0) is 24.3 Å². The van der Waals surface area contributed by atoms with Gasteiger partial charge in [-0.1, -0.05) is 29.7 Å². The number of methoxy groups -OCH3 is 1. The molecule has 3 aromatic rings. The molecule has 0 saturated carbocycles. The Morgan fingerprint density at radius 1 is 1.26 bits per heavy atom. The first-order valence-corrected chi connectivity index (χ1v) is 12.2. The number of nitrogens with one attached hydrogen (secondary N) is 1. The van der Waals surface area contributed by atoms with Crippen molar-refractivity contribution < 1.29 is 29.3 Å². The highest BCUT2D eigenvalue weighted by molar-refractivity contribution is 6.30. The molecule has 13 heteroatoms. The van der Waals surface area contributed by atoms with Crippen LogP contribution in [0.1, 0.15) is 46.7 Å². The van der Waals surface area contributed by atoms with Gasteiger partial charge in [-0.3, -0.25) is 14.3 Å². The van der Waals surface area contributed by atoms with Crippen molar-refractivity contribution in [1.29, 1.82) is 0 Å². The lowest BCUT2D eigenvalue weighted by Crippen LogP contribution is -2.46. The van der Waals surface area contributed by atoms with Gasteiger partial charge in [0.15, 0.2) is 5.82 Å². The summed E-state index contributed by atoms with van der Waals surface area (Å²) >= 11 is 6.18. The lowest BCUT2D eigenvalue weighted by molar-refractivity contribution is -0.132. The minimum atomic E-state index is -1.16. The molecule has 0 fully saturated rings. The number of carboxylic acids is 1. The van der Waals surface area contributed by atoms with Crippen LogP contribution in [0.25, 0.3) is 0 Å². The molecule has 0 saturated heterocycles. The maximum atomic E-state index is 13.7. The Morgan fingerprint density at radius 3 is 2.68 bits per heavy atom.